The minimum absolute atomic E-state index is 0.0341. The summed E-state index contributed by atoms with van der Waals surface area (Å²) in [6.45, 7) is 0.661. The third-order valence-electron chi connectivity index (χ3n) is 4.63. The van der Waals surface area contributed by atoms with Gasteiger partial charge < -0.3 is 14.4 Å². The van der Waals surface area contributed by atoms with Crippen LogP contribution >= 0.6 is 0 Å². The van der Waals surface area contributed by atoms with Crippen LogP contribution in [0.25, 0.3) is 5.65 Å². The van der Waals surface area contributed by atoms with Crippen LogP contribution in [0.1, 0.15) is 24.7 Å². The number of hydrogen-bond acceptors (Lipinski definition) is 5. The fourth-order valence-corrected chi connectivity index (χ4v) is 3.38. The van der Waals surface area contributed by atoms with Crippen LogP contribution in [-0.2, 0) is 4.79 Å². The number of aromatic nitrogens is 3. The van der Waals surface area contributed by atoms with E-state index in [4.69, 9.17) is 9.47 Å². The van der Waals surface area contributed by atoms with Crippen molar-refractivity contribution >= 4 is 11.6 Å². The van der Waals surface area contributed by atoms with Crippen molar-refractivity contribution in [3.8, 4) is 11.5 Å². The van der Waals surface area contributed by atoms with Crippen molar-refractivity contribution in [2.24, 2.45) is 0 Å². The average Bonchev–Trinajstić information content (AvgIpc) is 3.32. The fraction of sp³-hybridized carbons (Fsp3) is 0.316. The van der Waals surface area contributed by atoms with E-state index in [1.807, 2.05) is 45.8 Å². The summed E-state index contributed by atoms with van der Waals surface area (Å²) >= 11 is 0. The van der Waals surface area contributed by atoms with Gasteiger partial charge in [0, 0.05) is 12.7 Å². The lowest BCUT2D eigenvalue weighted by atomic mass is 10.2. The van der Waals surface area contributed by atoms with Gasteiger partial charge in [-0.15, -0.1) is 10.2 Å². The van der Waals surface area contributed by atoms with Crippen LogP contribution in [0.3, 0.4) is 0 Å². The minimum Gasteiger partial charge on any atom is -0.493 e. The van der Waals surface area contributed by atoms with Gasteiger partial charge in [0.05, 0.1) is 13.2 Å². The molecule has 134 valence electrons. The molecular weight excluding hydrogens is 332 g/mol. The zero-order chi connectivity index (χ0) is 17.9. The molecule has 1 unspecified atom stereocenters. The summed E-state index contributed by atoms with van der Waals surface area (Å²) in [4.78, 5) is 14.6. The number of nitrogens with zero attached hydrogens (tertiary/aromatic N) is 4. The molecule has 1 amide bonds. The van der Waals surface area contributed by atoms with Gasteiger partial charge in [0.15, 0.2) is 29.6 Å². The smallest absolute Gasteiger partial charge is 0.261 e. The van der Waals surface area contributed by atoms with Crippen molar-refractivity contribution in [3.05, 3.63) is 54.5 Å². The first kappa shape index (κ1) is 16.4. The lowest BCUT2D eigenvalue weighted by Crippen LogP contribution is -2.35. The van der Waals surface area contributed by atoms with Gasteiger partial charge in [0.1, 0.15) is 0 Å². The standard InChI is InChI=1S/C19H20N4O3/c1-25-15-8-2-3-9-16(15)26-13-18(24)22-12-6-7-14(22)19-21-20-17-10-4-5-11-23(17)19/h2-5,8-11,14H,6-7,12-13H2,1H3. The van der Waals surface area contributed by atoms with E-state index in [2.05, 4.69) is 10.2 Å². The molecule has 7 nitrogen and oxygen atoms in total. The zero-order valence-corrected chi connectivity index (χ0v) is 14.5. The number of amides is 1. The summed E-state index contributed by atoms with van der Waals surface area (Å²) in [5, 5.41) is 8.51. The molecule has 3 aromatic rings. The van der Waals surface area contributed by atoms with Gasteiger partial charge in [-0.2, -0.15) is 0 Å². The number of ether oxygens (including phenoxy) is 2. The molecule has 0 saturated carbocycles. The molecule has 1 atom stereocenters. The molecule has 0 aliphatic carbocycles. The summed E-state index contributed by atoms with van der Waals surface area (Å²) in [5.41, 5.74) is 0.784. The molecule has 0 bridgehead atoms. The zero-order valence-electron chi connectivity index (χ0n) is 14.5. The van der Waals surface area contributed by atoms with E-state index < -0.39 is 0 Å². The number of methoxy groups -OCH3 is 1. The largest absolute Gasteiger partial charge is 0.493 e. The Hall–Kier alpha value is -3.09. The Labute approximate surface area is 151 Å². The molecule has 3 heterocycles. The van der Waals surface area contributed by atoms with E-state index in [1.165, 1.54) is 0 Å². The molecule has 1 aliphatic rings. The highest BCUT2D eigenvalue weighted by molar-refractivity contribution is 5.78. The second kappa shape index (κ2) is 7.03. The number of hydrogen-bond donors (Lipinski definition) is 0. The van der Waals surface area contributed by atoms with Crippen molar-refractivity contribution in [2.45, 2.75) is 18.9 Å². The number of rotatable bonds is 5. The second-order valence-corrected chi connectivity index (χ2v) is 6.17. The van der Waals surface area contributed by atoms with Crippen LogP contribution in [0.15, 0.2) is 48.7 Å². The van der Waals surface area contributed by atoms with Crippen molar-refractivity contribution in [2.75, 3.05) is 20.3 Å². The second-order valence-electron chi connectivity index (χ2n) is 6.17. The fourth-order valence-electron chi connectivity index (χ4n) is 3.38. The topological polar surface area (TPSA) is 69.0 Å². The lowest BCUT2D eigenvalue weighted by molar-refractivity contribution is -0.134. The van der Waals surface area contributed by atoms with E-state index in [1.54, 1.807) is 19.2 Å². The highest BCUT2D eigenvalue weighted by atomic mass is 16.5. The molecule has 1 fully saturated rings. The summed E-state index contributed by atoms with van der Waals surface area (Å²) in [7, 11) is 1.58. The Morgan fingerprint density at radius 2 is 1.96 bits per heavy atom. The van der Waals surface area contributed by atoms with Gasteiger partial charge in [-0.1, -0.05) is 18.2 Å². The summed E-state index contributed by atoms with van der Waals surface area (Å²) in [6.07, 6.45) is 3.74. The van der Waals surface area contributed by atoms with E-state index in [9.17, 15) is 4.79 Å². The van der Waals surface area contributed by atoms with Crippen LogP contribution in [0.2, 0.25) is 0 Å². The molecule has 0 spiro atoms. The Bertz CT molecular complexity index is 924. The normalized spacial score (nSPS) is 16.8. The Balaban J connectivity index is 1.50. The Morgan fingerprint density at radius 3 is 2.81 bits per heavy atom. The van der Waals surface area contributed by atoms with E-state index in [-0.39, 0.29) is 18.6 Å². The third kappa shape index (κ3) is 2.96. The summed E-state index contributed by atoms with van der Waals surface area (Å²) < 4.78 is 12.9. The van der Waals surface area contributed by atoms with Gasteiger partial charge in [0.25, 0.3) is 5.91 Å². The maximum absolute atomic E-state index is 12.8. The van der Waals surface area contributed by atoms with Crippen LogP contribution in [-0.4, -0.2) is 45.7 Å². The first-order valence-corrected chi connectivity index (χ1v) is 8.63. The molecular formula is C19H20N4O3. The maximum atomic E-state index is 12.8. The first-order chi connectivity index (χ1) is 12.8. The minimum atomic E-state index is -0.0823. The molecule has 0 radical (unpaired) electrons. The maximum Gasteiger partial charge on any atom is 0.261 e. The molecule has 4 rings (SSSR count). The first-order valence-electron chi connectivity index (χ1n) is 8.63. The van der Waals surface area contributed by atoms with E-state index in [0.717, 1.165) is 24.3 Å². The number of carbonyl (C=O) groups is 1. The molecule has 1 saturated heterocycles. The number of carbonyl (C=O) groups excluding carboxylic acids is 1. The SMILES string of the molecule is COc1ccccc1OCC(=O)N1CCCC1c1nnc2ccccn12. The van der Waals surface area contributed by atoms with Crippen LogP contribution in [0, 0.1) is 0 Å². The predicted molar refractivity (Wildman–Crippen MR) is 95.2 cm³/mol. The van der Waals surface area contributed by atoms with Gasteiger partial charge in [-0.05, 0) is 37.1 Å². The van der Waals surface area contributed by atoms with Crippen LogP contribution < -0.4 is 9.47 Å². The summed E-state index contributed by atoms with van der Waals surface area (Å²) in [5.74, 6) is 1.91. The average molecular weight is 352 g/mol. The molecule has 1 aliphatic heterocycles. The van der Waals surface area contributed by atoms with E-state index in [0.29, 0.717) is 18.0 Å². The van der Waals surface area contributed by atoms with Gasteiger partial charge >= 0.3 is 0 Å². The van der Waals surface area contributed by atoms with Gasteiger partial charge in [-0.3, -0.25) is 9.20 Å². The van der Waals surface area contributed by atoms with Gasteiger partial charge in [-0.25, -0.2) is 0 Å². The van der Waals surface area contributed by atoms with E-state index >= 15 is 0 Å². The molecule has 26 heavy (non-hydrogen) atoms. The number of benzene rings is 1. The van der Waals surface area contributed by atoms with Crippen LogP contribution in [0.5, 0.6) is 11.5 Å². The Kier molecular flexibility index (Phi) is 4.43. The number of likely N-dealkylation sites (tertiary alicyclic amines) is 1. The molecule has 7 heteroatoms. The molecule has 1 aromatic carbocycles. The van der Waals surface area contributed by atoms with Crippen LogP contribution in [0.4, 0.5) is 0 Å². The lowest BCUT2D eigenvalue weighted by Gasteiger charge is -2.23. The predicted octanol–water partition coefficient (Wildman–Crippen LogP) is 2.48. The van der Waals surface area contributed by atoms with Gasteiger partial charge in [0.2, 0.25) is 0 Å². The number of para-hydroxylation sites is 2. The van der Waals surface area contributed by atoms with Crippen molar-refractivity contribution < 1.29 is 14.3 Å². The molecule has 2 aromatic heterocycles. The highest BCUT2D eigenvalue weighted by Gasteiger charge is 2.33. The van der Waals surface area contributed by atoms with Crippen molar-refractivity contribution in [1.82, 2.24) is 19.5 Å². The summed E-state index contributed by atoms with van der Waals surface area (Å²) in [6, 6.07) is 13.0. The third-order valence-corrected chi connectivity index (χ3v) is 4.63. The Morgan fingerprint density at radius 1 is 1.15 bits per heavy atom. The molecule has 0 N–H and O–H groups in total. The monoisotopic (exact) mass is 352 g/mol. The number of pyridine rings is 1. The highest BCUT2D eigenvalue weighted by Crippen LogP contribution is 2.31. The van der Waals surface area contributed by atoms with Crippen molar-refractivity contribution in [3.63, 3.8) is 0 Å². The number of fused-ring (bicyclic) bond motifs is 1. The van der Waals surface area contributed by atoms with Crippen molar-refractivity contribution in [1.29, 1.82) is 0 Å². The quantitative estimate of drug-likeness (QED) is 0.706.